The molecule has 0 spiro atoms. The van der Waals surface area contributed by atoms with E-state index < -0.39 is 0 Å². The maximum Gasteiger partial charge on any atom is 0.209 e. The van der Waals surface area contributed by atoms with Crippen molar-refractivity contribution in [3.05, 3.63) is 0 Å². The molecular formula is C11H17BrN4S. The highest BCUT2D eigenvalue weighted by atomic mass is 79.9. The Labute approximate surface area is 114 Å². The highest BCUT2D eigenvalue weighted by Gasteiger charge is 2.34. The van der Waals surface area contributed by atoms with Crippen LogP contribution in [0.2, 0.25) is 0 Å². The Morgan fingerprint density at radius 3 is 2.76 bits per heavy atom. The van der Waals surface area contributed by atoms with Gasteiger partial charge in [0, 0.05) is 11.1 Å². The largest absolute Gasteiger partial charge is 0.217 e. The van der Waals surface area contributed by atoms with Gasteiger partial charge in [-0.2, -0.15) is 0 Å². The number of hydrogen-bond acceptors (Lipinski definition) is 4. The number of alkyl halides is 1. The molecule has 2 aliphatic rings. The molecule has 0 aliphatic heterocycles. The second kappa shape index (κ2) is 4.88. The van der Waals surface area contributed by atoms with Crippen LogP contribution in [0.4, 0.5) is 0 Å². The first-order chi connectivity index (χ1) is 8.33. The highest BCUT2D eigenvalue weighted by molar-refractivity contribution is 9.09. The Balaban J connectivity index is 1.64. The quantitative estimate of drug-likeness (QED) is 0.618. The van der Waals surface area contributed by atoms with Crippen molar-refractivity contribution in [2.45, 2.75) is 49.7 Å². The third-order valence-corrected chi connectivity index (χ3v) is 6.28. The zero-order valence-corrected chi connectivity index (χ0v) is 12.2. The number of aromatic nitrogens is 4. The van der Waals surface area contributed by atoms with Crippen molar-refractivity contribution < 1.29 is 0 Å². The number of nitrogens with zero attached hydrogens (tertiary/aromatic N) is 4. The van der Waals surface area contributed by atoms with Crippen LogP contribution < -0.4 is 0 Å². The first kappa shape index (κ1) is 12.0. The van der Waals surface area contributed by atoms with Crippen molar-refractivity contribution in [2.75, 3.05) is 11.1 Å². The number of hydrogen-bond donors (Lipinski definition) is 0. The Hall–Kier alpha value is -0.100. The second-order valence-corrected chi connectivity index (χ2v) is 6.77. The predicted octanol–water partition coefficient (Wildman–Crippen LogP) is 3.06. The molecular weight excluding hydrogens is 300 g/mol. The molecule has 94 valence electrons. The minimum absolute atomic E-state index is 0.477. The first-order valence-corrected chi connectivity index (χ1v) is 8.40. The Morgan fingerprint density at radius 1 is 1.35 bits per heavy atom. The van der Waals surface area contributed by atoms with Gasteiger partial charge in [-0.1, -0.05) is 40.5 Å². The van der Waals surface area contributed by atoms with E-state index in [-0.39, 0.29) is 0 Å². The van der Waals surface area contributed by atoms with Crippen LogP contribution in [0, 0.1) is 5.41 Å². The maximum absolute atomic E-state index is 4.15. The van der Waals surface area contributed by atoms with Crippen LogP contribution in [0.15, 0.2) is 5.16 Å². The predicted molar refractivity (Wildman–Crippen MR) is 71.5 cm³/mol. The fraction of sp³-hybridized carbons (Fsp3) is 0.909. The minimum atomic E-state index is 0.477. The summed E-state index contributed by atoms with van der Waals surface area (Å²) >= 11 is 5.53. The molecule has 2 saturated carbocycles. The molecule has 0 N–H and O–H groups in total. The average molecular weight is 317 g/mol. The summed E-state index contributed by atoms with van der Waals surface area (Å²) in [5.41, 5.74) is 0.477. The molecule has 2 aliphatic carbocycles. The van der Waals surface area contributed by atoms with Crippen LogP contribution in [0.3, 0.4) is 0 Å². The van der Waals surface area contributed by atoms with Crippen molar-refractivity contribution in [3.8, 4) is 0 Å². The van der Waals surface area contributed by atoms with Gasteiger partial charge in [-0.15, -0.1) is 5.10 Å². The van der Waals surface area contributed by atoms with Gasteiger partial charge in [-0.05, 0) is 41.5 Å². The van der Waals surface area contributed by atoms with Crippen molar-refractivity contribution in [3.63, 3.8) is 0 Å². The van der Waals surface area contributed by atoms with Gasteiger partial charge in [-0.25, -0.2) is 4.68 Å². The summed E-state index contributed by atoms with van der Waals surface area (Å²) in [7, 11) is 0. The van der Waals surface area contributed by atoms with Gasteiger partial charge < -0.3 is 0 Å². The average Bonchev–Trinajstić information content (AvgIpc) is 2.93. The zero-order valence-electron chi connectivity index (χ0n) is 9.81. The Bertz CT molecular complexity index is 385. The van der Waals surface area contributed by atoms with E-state index in [9.17, 15) is 0 Å². The van der Waals surface area contributed by atoms with Crippen molar-refractivity contribution in [1.82, 2.24) is 20.2 Å². The fourth-order valence-corrected chi connectivity index (χ4v) is 4.75. The van der Waals surface area contributed by atoms with E-state index in [0.717, 1.165) is 16.2 Å². The smallest absolute Gasteiger partial charge is 0.209 e. The van der Waals surface area contributed by atoms with E-state index >= 15 is 0 Å². The van der Waals surface area contributed by atoms with E-state index in [1.54, 1.807) is 0 Å². The van der Waals surface area contributed by atoms with Gasteiger partial charge in [0.2, 0.25) is 5.16 Å². The SMILES string of the molecule is BrCC1(CSc2nnnn2C2CC2)CCCC1. The molecule has 0 amide bonds. The van der Waals surface area contributed by atoms with Gasteiger partial charge in [0.05, 0.1) is 6.04 Å². The van der Waals surface area contributed by atoms with Crippen LogP contribution in [0.25, 0.3) is 0 Å². The molecule has 0 aromatic carbocycles. The standard InChI is InChI=1S/C11H17BrN4S/c12-7-11(5-1-2-6-11)8-17-10-13-14-15-16(10)9-3-4-9/h9H,1-8H2. The second-order valence-electron chi connectivity index (χ2n) is 5.27. The molecule has 0 unspecified atom stereocenters. The number of tetrazole rings is 1. The Morgan fingerprint density at radius 2 is 2.12 bits per heavy atom. The summed E-state index contributed by atoms with van der Waals surface area (Å²) in [5, 5.41) is 14.2. The molecule has 17 heavy (non-hydrogen) atoms. The summed E-state index contributed by atoms with van der Waals surface area (Å²) in [4.78, 5) is 0. The lowest BCUT2D eigenvalue weighted by molar-refractivity contribution is 0.404. The van der Waals surface area contributed by atoms with E-state index in [1.807, 2.05) is 16.4 Å². The molecule has 2 fully saturated rings. The molecule has 4 nitrogen and oxygen atoms in total. The fourth-order valence-electron chi connectivity index (χ4n) is 2.49. The third-order valence-electron chi connectivity index (χ3n) is 3.81. The number of halogens is 1. The molecule has 1 aromatic rings. The minimum Gasteiger partial charge on any atom is -0.217 e. The summed E-state index contributed by atoms with van der Waals surface area (Å²) < 4.78 is 2.02. The van der Waals surface area contributed by atoms with Crippen LogP contribution in [0.5, 0.6) is 0 Å². The molecule has 0 atom stereocenters. The highest BCUT2D eigenvalue weighted by Crippen LogP contribution is 2.44. The van der Waals surface area contributed by atoms with Crippen LogP contribution in [0.1, 0.15) is 44.6 Å². The third kappa shape index (κ3) is 2.52. The lowest BCUT2D eigenvalue weighted by atomic mass is 9.92. The molecule has 3 rings (SSSR count). The Kier molecular flexibility index (Phi) is 3.43. The summed E-state index contributed by atoms with van der Waals surface area (Å²) in [6, 6.07) is 0.580. The van der Waals surface area contributed by atoms with Gasteiger partial charge in [-0.3, -0.25) is 0 Å². The molecule has 0 bridgehead atoms. The van der Waals surface area contributed by atoms with Gasteiger partial charge >= 0.3 is 0 Å². The van der Waals surface area contributed by atoms with Crippen molar-refractivity contribution in [1.29, 1.82) is 0 Å². The molecule has 1 aromatic heterocycles. The topological polar surface area (TPSA) is 43.6 Å². The number of rotatable bonds is 5. The van der Waals surface area contributed by atoms with Crippen molar-refractivity contribution >= 4 is 27.7 Å². The van der Waals surface area contributed by atoms with Gasteiger partial charge in [0.25, 0.3) is 0 Å². The van der Waals surface area contributed by atoms with E-state index in [1.165, 1.54) is 38.5 Å². The number of thioether (sulfide) groups is 1. The van der Waals surface area contributed by atoms with Crippen LogP contribution in [-0.2, 0) is 0 Å². The normalized spacial score (nSPS) is 23.1. The monoisotopic (exact) mass is 316 g/mol. The van der Waals surface area contributed by atoms with Crippen LogP contribution in [-0.4, -0.2) is 31.3 Å². The summed E-state index contributed by atoms with van der Waals surface area (Å²) in [5.74, 6) is 1.14. The first-order valence-electron chi connectivity index (χ1n) is 6.30. The summed E-state index contributed by atoms with van der Waals surface area (Å²) in [6.45, 7) is 0. The van der Waals surface area contributed by atoms with Crippen molar-refractivity contribution in [2.24, 2.45) is 5.41 Å². The van der Waals surface area contributed by atoms with E-state index in [4.69, 9.17) is 0 Å². The van der Waals surface area contributed by atoms with Gasteiger partial charge in [0.15, 0.2) is 0 Å². The molecule has 6 heteroatoms. The molecule has 0 saturated heterocycles. The molecule has 1 heterocycles. The van der Waals surface area contributed by atoms with Crippen LogP contribution >= 0.6 is 27.7 Å². The lowest BCUT2D eigenvalue weighted by Gasteiger charge is -2.25. The van der Waals surface area contributed by atoms with E-state index in [2.05, 4.69) is 31.5 Å². The van der Waals surface area contributed by atoms with E-state index in [0.29, 0.717) is 11.5 Å². The molecule has 0 radical (unpaired) electrons. The maximum atomic E-state index is 4.15. The zero-order chi connectivity index (χ0) is 11.7. The summed E-state index contributed by atoms with van der Waals surface area (Å²) in [6.07, 6.45) is 7.91. The lowest BCUT2D eigenvalue weighted by Crippen LogP contribution is -2.21. The van der Waals surface area contributed by atoms with Gasteiger partial charge in [0.1, 0.15) is 0 Å².